The van der Waals surface area contributed by atoms with E-state index < -0.39 is 0 Å². The second kappa shape index (κ2) is 12.5. The van der Waals surface area contributed by atoms with Crippen molar-refractivity contribution < 1.29 is 4.79 Å². The van der Waals surface area contributed by atoms with Gasteiger partial charge in [0.15, 0.2) is 5.96 Å². The molecule has 4 N–H and O–H groups in total. The zero-order valence-corrected chi connectivity index (χ0v) is 19.7. The second-order valence-corrected chi connectivity index (χ2v) is 8.01. The van der Waals surface area contributed by atoms with Crippen LogP contribution >= 0.6 is 35.3 Å². The number of hydrogen-bond acceptors (Lipinski definition) is 5. The Bertz CT molecular complexity index is 606. The number of primary amides is 1. The number of nitrogens with zero attached hydrogens (tertiary/aromatic N) is 3. The van der Waals surface area contributed by atoms with Gasteiger partial charge in [-0.05, 0) is 38.3 Å². The van der Waals surface area contributed by atoms with Crippen LogP contribution in [0.3, 0.4) is 0 Å². The monoisotopic (exact) mass is 508 g/mol. The van der Waals surface area contributed by atoms with Crippen LogP contribution in [0, 0.1) is 5.92 Å². The van der Waals surface area contributed by atoms with Gasteiger partial charge in [0.05, 0.1) is 18.2 Å². The number of aliphatic imine (C=N–C) groups is 1. The van der Waals surface area contributed by atoms with Gasteiger partial charge in [0.25, 0.3) is 0 Å². The molecule has 0 aromatic carbocycles. The second-order valence-electron chi connectivity index (χ2n) is 7.07. The summed E-state index contributed by atoms with van der Waals surface area (Å²) in [5, 5.41) is 9.84. The first kappa shape index (κ1) is 24.1. The molecule has 0 saturated carbocycles. The van der Waals surface area contributed by atoms with E-state index in [0.717, 1.165) is 62.1 Å². The SMILES string of the molecule is CN=C(NCCCN1CCCC(C(N)=O)C1)NCc1nc(C(C)C)cs1.I. The average molecular weight is 508 g/mol. The van der Waals surface area contributed by atoms with Crippen molar-refractivity contribution >= 4 is 47.2 Å². The van der Waals surface area contributed by atoms with Gasteiger partial charge in [-0.1, -0.05) is 13.8 Å². The number of hydrogen-bond donors (Lipinski definition) is 3. The fourth-order valence-electron chi connectivity index (χ4n) is 3.05. The number of amides is 1. The fourth-order valence-corrected chi connectivity index (χ4v) is 3.95. The molecule has 0 aliphatic carbocycles. The lowest BCUT2D eigenvalue weighted by Crippen LogP contribution is -2.42. The lowest BCUT2D eigenvalue weighted by molar-refractivity contribution is -0.123. The molecule has 1 unspecified atom stereocenters. The Hall–Kier alpha value is -0.940. The molecule has 1 aromatic heterocycles. The maximum atomic E-state index is 11.3. The number of rotatable bonds is 8. The van der Waals surface area contributed by atoms with Gasteiger partial charge in [-0.2, -0.15) is 0 Å². The molecule has 1 aromatic rings. The molecule has 27 heavy (non-hydrogen) atoms. The number of aromatic nitrogens is 1. The van der Waals surface area contributed by atoms with Crippen molar-refractivity contribution in [3.63, 3.8) is 0 Å². The number of nitrogens with two attached hydrogens (primary N) is 1. The fraction of sp³-hybridized carbons (Fsp3) is 0.722. The van der Waals surface area contributed by atoms with Crippen molar-refractivity contribution in [2.24, 2.45) is 16.6 Å². The quantitative estimate of drug-likeness (QED) is 0.217. The van der Waals surface area contributed by atoms with Gasteiger partial charge in [-0.15, -0.1) is 35.3 Å². The Morgan fingerprint density at radius 2 is 2.26 bits per heavy atom. The van der Waals surface area contributed by atoms with E-state index in [2.05, 4.69) is 44.7 Å². The van der Waals surface area contributed by atoms with Gasteiger partial charge in [-0.25, -0.2) is 4.98 Å². The first-order chi connectivity index (χ1) is 12.5. The molecule has 7 nitrogen and oxygen atoms in total. The third-order valence-corrected chi connectivity index (χ3v) is 5.51. The largest absolute Gasteiger partial charge is 0.369 e. The van der Waals surface area contributed by atoms with Gasteiger partial charge in [0.2, 0.25) is 5.91 Å². The van der Waals surface area contributed by atoms with Crippen LogP contribution in [0.2, 0.25) is 0 Å². The molecule has 1 aliphatic heterocycles. The minimum atomic E-state index is -0.166. The summed E-state index contributed by atoms with van der Waals surface area (Å²) in [6.45, 7) is 8.65. The molecular weight excluding hydrogens is 475 g/mol. The van der Waals surface area contributed by atoms with Crippen molar-refractivity contribution in [1.82, 2.24) is 20.5 Å². The van der Waals surface area contributed by atoms with Crippen molar-refractivity contribution in [1.29, 1.82) is 0 Å². The van der Waals surface area contributed by atoms with Gasteiger partial charge < -0.3 is 21.3 Å². The Balaban J connectivity index is 0.00000364. The number of likely N-dealkylation sites (tertiary alicyclic amines) is 1. The highest BCUT2D eigenvalue weighted by Crippen LogP contribution is 2.17. The van der Waals surface area contributed by atoms with Crippen molar-refractivity contribution in [2.75, 3.05) is 33.2 Å². The predicted molar refractivity (Wildman–Crippen MR) is 123 cm³/mol. The van der Waals surface area contributed by atoms with E-state index in [-0.39, 0.29) is 35.8 Å². The smallest absolute Gasteiger partial charge is 0.221 e. The summed E-state index contributed by atoms with van der Waals surface area (Å²) in [6, 6.07) is 0. The number of carbonyl (C=O) groups excluding carboxylic acids is 1. The Labute approximate surface area is 183 Å². The lowest BCUT2D eigenvalue weighted by Gasteiger charge is -2.31. The molecule has 0 spiro atoms. The van der Waals surface area contributed by atoms with Gasteiger partial charge >= 0.3 is 0 Å². The summed E-state index contributed by atoms with van der Waals surface area (Å²) in [4.78, 5) is 22.6. The molecule has 0 radical (unpaired) electrons. The molecule has 1 amide bonds. The number of carbonyl (C=O) groups is 1. The first-order valence-electron chi connectivity index (χ1n) is 9.40. The molecule has 1 aliphatic rings. The van der Waals surface area contributed by atoms with Crippen LogP contribution < -0.4 is 16.4 Å². The Morgan fingerprint density at radius 1 is 1.48 bits per heavy atom. The summed E-state index contributed by atoms with van der Waals surface area (Å²) in [7, 11) is 1.78. The van der Waals surface area contributed by atoms with E-state index in [0.29, 0.717) is 12.5 Å². The highest BCUT2D eigenvalue weighted by atomic mass is 127. The van der Waals surface area contributed by atoms with E-state index in [1.807, 2.05) is 0 Å². The van der Waals surface area contributed by atoms with Crippen LogP contribution in [0.1, 0.15) is 49.7 Å². The topological polar surface area (TPSA) is 95.6 Å². The number of halogens is 1. The normalized spacial score (nSPS) is 18.2. The van der Waals surface area contributed by atoms with E-state index in [4.69, 9.17) is 5.73 Å². The number of thiazole rings is 1. The van der Waals surface area contributed by atoms with Crippen LogP contribution in [-0.2, 0) is 11.3 Å². The Morgan fingerprint density at radius 3 is 2.89 bits per heavy atom. The molecule has 2 rings (SSSR count). The maximum Gasteiger partial charge on any atom is 0.221 e. The molecule has 1 atom stereocenters. The molecule has 154 valence electrons. The molecule has 1 saturated heterocycles. The van der Waals surface area contributed by atoms with Gasteiger partial charge in [0, 0.05) is 25.5 Å². The van der Waals surface area contributed by atoms with E-state index >= 15 is 0 Å². The highest BCUT2D eigenvalue weighted by Gasteiger charge is 2.23. The van der Waals surface area contributed by atoms with Crippen LogP contribution in [0.5, 0.6) is 0 Å². The van der Waals surface area contributed by atoms with E-state index in [1.165, 1.54) is 0 Å². The van der Waals surface area contributed by atoms with Crippen LogP contribution in [0.25, 0.3) is 0 Å². The summed E-state index contributed by atoms with van der Waals surface area (Å²) in [6.07, 6.45) is 2.98. The molecule has 2 heterocycles. The van der Waals surface area contributed by atoms with Crippen LogP contribution in [0.15, 0.2) is 10.4 Å². The van der Waals surface area contributed by atoms with Crippen LogP contribution in [0.4, 0.5) is 0 Å². The Kier molecular flexibility index (Phi) is 11.2. The van der Waals surface area contributed by atoms with Crippen molar-refractivity contribution in [3.8, 4) is 0 Å². The number of piperidine rings is 1. The molecule has 9 heteroatoms. The molecular formula is C18H33IN6OS. The lowest BCUT2D eigenvalue weighted by atomic mass is 9.97. The molecule has 1 fully saturated rings. The predicted octanol–water partition coefficient (Wildman–Crippen LogP) is 2.14. The highest BCUT2D eigenvalue weighted by molar-refractivity contribution is 14.0. The summed E-state index contributed by atoms with van der Waals surface area (Å²) in [5.41, 5.74) is 6.58. The third-order valence-electron chi connectivity index (χ3n) is 4.64. The summed E-state index contributed by atoms with van der Waals surface area (Å²) < 4.78 is 0. The van der Waals surface area contributed by atoms with Crippen LogP contribution in [-0.4, -0.2) is 55.0 Å². The number of guanidine groups is 1. The zero-order valence-electron chi connectivity index (χ0n) is 16.5. The average Bonchev–Trinajstić information content (AvgIpc) is 3.10. The molecule has 0 bridgehead atoms. The van der Waals surface area contributed by atoms with Crippen molar-refractivity contribution in [2.45, 2.75) is 45.6 Å². The van der Waals surface area contributed by atoms with Gasteiger partial charge in [0.1, 0.15) is 5.01 Å². The third kappa shape index (κ3) is 8.30. The van der Waals surface area contributed by atoms with E-state index in [1.54, 1.807) is 18.4 Å². The summed E-state index contributed by atoms with van der Waals surface area (Å²) in [5.74, 6) is 1.10. The van der Waals surface area contributed by atoms with E-state index in [9.17, 15) is 4.79 Å². The standard InChI is InChI=1S/C18H32N6OS.HI/c1-13(2)15-12-26-16(23-15)10-22-18(20-3)21-7-5-9-24-8-4-6-14(11-24)17(19)25;/h12-14H,4-11H2,1-3H3,(H2,19,25)(H2,20,21,22);1H. The maximum absolute atomic E-state index is 11.3. The summed E-state index contributed by atoms with van der Waals surface area (Å²) >= 11 is 1.68. The minimum Gasteiger partial charge on any atom is -0.369 e. The first-order valence-corrected chi connectivity index (χ1v) is 10.3. The minimum absolute atomic E-state index is 0. The number of nitrogens with one attached hydrogen (secondary N) is 2. The van der Waals surface area contributed by atoms with Gasteiger partial charge in [-0.3, -0.25) is 9.79 Å². The zero-order chi connectivity index (χ0) is 18.9. The van der Waals surface area contributed by atoms with Crippen molar-refractivity contribution in [3.05, 3.63) is 16.1 Å².